The minimum atomic E-state index is -0.271. The molecule has 0 radical (unpaired) electrons. The van der Waals surface area contributed by atoms with Crippen LogP contribution in [0.3, 0.4) is 0 Å². The predicted octanol–water partition coefficient (Wildman–Crippen LogP) is 4.23. The van der Waals surface area contributed by atoms with Gasteiger partial charge in [0.1, 0.15) is 5.75 Å². The van der Waals surface area contributed by atoms with Gasteiger partial charge in [-0.1, -0.05) is 56.3 Å². The molecular formula is C20H24N2O2S. The first-order valence-electron chi connectivity index (χ1n) is 8.54. The van der Waals surface area contributed by atoms with E-state index in [1.165, 1.54) is 0 Å². The van der Waals surface area contributed by atoms with Gasteiger partial charge in [0.2, 0.25) is 0 Å². The first kappa shape index (κ1) is 18.9. The second-order valence-electron chi connectivity index (χ2n) is 5.64. The molecule has 1 amide bonds. The summed E-state index contributed by atoms with van der Waals surface area (Å²) in [4.78, 5) is 12.5. The van der Waals surface area contributed by atoms with Crippen LogP contribution in [0, 0.1) is 0 Å². The number of benzene rings is 2. The lowest BCUT2D eigenvalue weighted by Gasteiger charge is -2.20. The molecule has 1 unspecified atom stereocenters. The Morgan fingerprint density at radius 3 is 2.44 bits per heavy atom. The number of hydrogen-bond acceptors (Lipinski definition) is 3. The Morgan fingerprint density at radius 1 is 1.08 bits per heavy atom. The molecule has 0 fully saturated rings. The Bertz CT molecular complexity index is 704. The number of thiocarbonyl (C=S) groups is 1. The molecule has 0 aliphatic heterocycles. The summed E-state index contributed by atoms with van der Waals surface area (Å²) >= 11 is 5.32. The zero-order chi connectivity index (χ0) is 18.1. The molecule has 0 spiro atoms. The fourth-order valence-corrected chi connectivity index (χ4v) is 2.70. The highest BCUT2D eigenvalue weighted by Crippen LogP contribution is 2.19. The van der Waals surface area contributed by atoms with Gasteiger partial charge in [0, 0.05) is 0 Å². The average Bonchev–Trinajstić information content (AvgIpc) is 2.65. The van der Waals surface area contributed by atoms with E-state index in [1.807, 2.05) is 49.4 Å². The minimum Gasteiger partial charge on any atom is -0.493 e. The first-order valence-corrected chi connectivity index (χ1v) is 8.95. The van der Waals surface area contributed by atoms with Gasteiger partial charge in [-0.3, -0.25) is 10.1 Å². The summed E-state index contributed by atoms with van der Waals surface area (Å²) < 4.78 is 5.64. The van der Waals surface area contributed by atoms with E-state index in [1.54, 1.807) is 12.1 Å². The number of para-hydroxylation sites is 1. The zero-order valence-corrected chi connectivity index (χ0v) is 15.4. The second kappa shape index (κ2) is 9.79. The Kier molecular flexibility index (Phi) is 7.41. The molecule has 0 aliphatic rings. The fraction of sp³-hybridized carbons (Fsp3) is 0.300. The minimum absolute atomic E-state index is 0.0561. The highest BCUT2D eigenvalue weighted by atomic mass is 32.1. The molecule has 2 rings (SSSR count). The number of hydrogen-bond donors (Lipinski definition) is 2. The lowest BCUT2D eigenvalue weighted by Crippen LogP contribution is -2.41. The molecule has 0 heterocycles. The summed E-state index contributed by atoms with van der Waals surface area (Å²) in [6.45, 7) is 4.66. The zero-order valence-electron chi connectivity index (χ0n) is 14.6. The van der Waals surface area contributed by atoms with E-state index in [9.17, 15) is 4.79 Å². The summed E-state index contributed by atoms with van der Waals surface area (Å²) in [5.41, 5.74) is 1.61. The summed E-state index contributed by atoms with van der Waals surface area (Å²) in [5.74, 6) is 0.298. The molecule has 4 nitrogen and oxygen atoms in total. The molecule has 1 atom stereocenters. The molecule has 132 valence electrons. The summed E-state index contributed by atoms with van der Waals surface area (Å²) in [5, 5.41) is 6.27. The Hall–Kier alpha value is -2.40. The smallest absolute Gasteiger partial charge is 0.261 e. The largest absolute Gasteiger partial charge is 0.493 e. The normalized spacial score (nSPS) is 11.4. The van der Waals surface area contributed by atoms with Crippen LogP contribution in [0.2, 0.25) is 0 Å². The SMILES string of the molecule is CCCOc1ccccc1C(=O)NC(=S)NC(CC)c1ccccc1. The third-order valence-electron chi connectivity index (χ3n) is 3.74. The summed E-state index contributed by atoms with van der Waals surface area (Å²) in [6, 6.07) is 17.3. The van der Waals surface area contributed by atoms with Crippen molar-refractivity contribution in [3.05, 3.63) is 65.7 Å². The summed E-state index contributed by atoms with van der Waals surface area (Å²) in [6.07, 6.45) is 1.74. The van der Waals surface area contributed by atoms with Crippen LogP contribution in [-0.4, -0.2) is 17.6 Å². The molecular weight excluding hydrogens is 332 g/mol. The van der Waals surface area contributed by atoms with Crippen LogP contribution in [0.4, 0.5) is 0 Å². The maximum atomic E-state index is 12.5. The number of ether oxygens (including phenoxy) is 1. The van der Waals surface area contributed by atoms with Crippen molar-refractivity contribution in [2.45, 2.75) is 32.7 Å². The van der Waals surface area contributed by atoms with E-state index in [-0.39, 0.29) is 11.9 Å². The quantitative estimate of drug-likeness (QED) is 0.729. The van der Waals surface area contributed by atoms with E-state index in [2.05, 4.69) is 17.6 Å². The second-order valence-corrected chi connectivity index (χ2v) is 6.05. The van der Waals surface area contributed by atoms with Crippen molar-refractivity contribution >= 4 is 23.2 Å². The number of amides is 1. The molecule has 5 heteroatoms. The highest BCUT2D eigenvalue weighted by molar-refractivity contribution is 7.80. The van der Waals surface area contributed by atoms with Crippen molar-refractivity contribution in [1.82, 2.24) is 10.6 Å². The molecule has 0 bridgehead atoms. The van der Waals surface area contributed by atoms with Crippen LogP contribution in [0.5, 0.6) is 5.75 Å². The topological polar surface area (TPSA) is 50.4 Å². The fourth-order valence-electron chi connectivity index (χ4n) is 2.46. The number of nitrogens with one attached hydrogen (secondary N) is 2. The van der Waals surface area contributed by atoms with Crippen LogP contribution < -0.4 is 15.4 Å². The first-order chi connectivity index (χ1) is 12.2. The van der Waals surface area contributed by atoms with E-state index < -0.39 is 0 Å². The van der Waals surface area contributed by atoms with Gasteiger partial charge in [-0.05, 0) is 42.8 Å². The van der Waals surface area contributed by atoms with Crippen LogP contribution in [0.25, 0.3) is 0 Å². The van der Waals surface area contributed by atoms with E-state index in [0.717, 1.165) is 18.4 Å². The van der Waals surface area contributed by atoms with Gasteiger partial charge in [-0.2, -0.15) is 0 Å². The molecule has 0 aromatic heterocycles. The van der Waals surface area contributed by atoms with E-state index >= 15 is 0 Å². The average molecular weight is 356 g/mol. The third kappa shape index (κ3) is 5.57. The molecule has 0 saturated heterocycles. The van der Waals surface area contributed by atoms with Gasteiger partial charge in [0.15, 0.2) is 5.11 Å². The molecule has 2 aromatic carbocycles. The molecule has 2 N–H and O–H groups in total. The van der Waals surface area contributed by atoms with E-state index in [4.69, 9.17) is 17.0 Å². The van der Waals surface area contributed by atoms with Crippen molar-refractivity contribution in [3.63, 3.8) is 0 Å². The molecule has 0 aliphatic carbocycles. The maximum Gasteiger partial charge on any atom is 0.261 e. The Morgan fingerprint density at radius 2 is 1.76 bits per heavy atom. The Balaban J connectivity index is 2.01. The van der Waals surface area contributed by atoms with Crippen molar-refractivity contribution < 1.29 is 9.53 Å². The van der Waals surface area contributed by atoms with Crippen LogP contribution >= 0.6 is 12.2 Å². The molecule has 25 heavy (non-hydrogen) atoms. The predicted molar refractivity (Wildman–Crippen MR) is 105 cm³/mol. The lowest BCUT2D eigenvalue weighted by molar-refractivity contribution is 0.0972. The van der Waals surface area contributed by atoms with Gasteiger partial charge in [-0.25, -0.2) is 0 Å². The van der Waals surface area contributed by atoms with Crippen molar-refractivity contribution in [2.75, 3.05) is 6.61 Å². The van der Waals surface area contributed by atoms with Crippen molar-refractivity contribution in [1.29, 1.82) is 0 Å². The van der Waals surface area contributed by atoms with Gasteiger partial charge in [0.05, 0.1) is 18.2 Å². The van der Waals surface area contributed by atoms with Crippen LogP contribution in [0.15, 0.2) is 54.6 Å². The monoisotopic (exact) mass is 356 g/mol. The van der Waals surface area contributed by atoms with Gasteiger partial charge >= 0.3 is 0 Å². The molecule has 0 saturated carbocycles. The van der Waals surface area contributed by atoms with Gasteiger partial charge in [0.25, 0.3) is 5.91 Å². The lowest BCUT2D eigenvalue weighted by atomic mass is 10.1. The summed E-state index contributed by atoms with van der Waals surface area (Å²) in [7, 11) is 0. The van der Waals surface area contributed by atoms with Crippen molar-refractivity contribution in [2.24, 2.45) is 0 Å². The maximum absolute atomic E-state index is 12.5. The van der Waals surface area contributed by atoms with Crippen molar-refractivity contribution in [3.8, 4) is 5.75 Å². The number of carbonyl (C=O) groups excluding carboxylic acids is 1. The number of rotatable bonds is 7. The van der Waals surface area contributed by atoms with E-state index in [0.29, 0.717) is 23.0 Å². The third-order valence-corrected chi connectivity index (χ3v) is 3.96. The van der Waals surface area contributed by atoms with Crippen LogP contribution in [-0.2, 0) is 0 Å². The number of carbonyl (C=O) groups is 1. The Labute approximate surface area is 154 Å². The highest BCUT2D eigenvalue weighted by Gasteiger charge is 2.15. The van der Waals surface area contributed by atoms with Gasteiger partial charge in [-0.15, -0.1) is 0 Å². The van der Waals surface area contributed by atoms with Crippen LogP contribution in [0.1, 0.15) is 48.7 Å². The molecule has 2 aromatic rings. The standard InChI is InChI=1S/C20H24N2O2S/c1-3-14-24-18-13-9-8-12-16(18)19(23)22-20(25)21-17(4-2)15-10-6-5-7-11-15/h5-13,17H,3-4,14H2,1-2H3,(H2,21,22,23,25). The van der Waals surface area contributed by atoms with Gasteiger partial charge < -0.3 is 10.1 Å².